The van der Waals surface area contributed by atoms with E-state index in [-0.39, 0.29) is 17.4 Å². The third-order valence-corrected chi connectivity index (χ3v) is 6.36. The van der Waals surface area contributed by atoms with Gasteiger partial charge in [-0.15, -0.1) is 11.6 Å². The molecule has 24 heavy (non-hydrogen) atoms. The number of carbonyl (C=O) groups excluding carboxylic acids is 2. The monoisotopic (exact) mass is 342 g/mol. The predicted octanol–water partition coefficient (Wildman–Crippen LogP) is 3.27. The summed E-state index contributed by atoms with van der Waals surface area (Å²) in [6, 6.07) is 7.80. The Labute approximate surface area is 145 Å². The quantitative estimate of drug-likeness (QED) is 0.787. The van der Waals surface area contributed by atoms with Gasteiger partial charge in [0.1, 0.15) is 0 Å². The smallest absolute Gasteiger partial charge is 0.231 e. The van der Waals surface area contributed by atoms with E-state index in [0.717, 1.165) is 41.5 Å². The zero-order chi connectivity index (χ0) is 16.5. The Hall–Kier alpha value is -1.65. The lowest BCUT2D eigenvalue weighted by Crippen LogP contribution is -2.43. The van der Waals surface area contributed by atoms with Crippen LogP contribution in [0, 0.1) is 0 Å². The molecule has 1 spiro atoms. The number of carbonyl (C=O) groups is 2. The van der Waals surface area contributed by atoms with Crippen molar-refractivity contribution in [1.82, 2.24) is 9.47 Å². The summed E-state index contributed by atoms with van der Waals surface area (Å²) in [6.07, 6.45) is 2.82. The first-order chi connectivity index (χ1) is 11.7. The summed E-state index contributed by atoms with van der Waals surface area (Å²) in [7, 11) is 0. The maximum absolute atomic E-state index is 13.1. The number of fused-ring (bicyclic) bond motifs is 5. The fraction of sp³-hybridized carbons (Fsp3) is 0.474. The van der Waals surface area contributed by atoms with E-state index < -0.39 is 0 Å². The van der Waals surface area contributed by atoms with Crippen LogP contribution in [0.15, 0.2) is 24.3 Å². The second kappa shape index (κ2) is 4.93. The maximum atomic E-state index is 13.1. The number of halogens is 1. The molecule has 0 amide bonds. The van der Waals surface area contributed by atoms with Crippen LogP contribution >= 0.6 is 11.6 Å². The average Bonchev–Trinajstić information content (AvgIpc) is 2.79. The van der Waals surface area contributed by atoms with Crippen molar-refractivity contribution >= 4 is 34.2 Å². The number of nitrogens with zero attached hydrogens (tertiary/aromatic N) is 2. The number of benzene rings is 1. The molecule has 1 saturated heterocycles. The highest BCUT2D eigenvalue weighted by atomic mass is 35.5. The number of hydrogen-bond acceptors (Lipinski definition) is 3. The van der Waals surface area contributed by atoms with Crippen LogP contribution in [0.25, 0.3) is 10.9 Å². The van der Waals surface area contributed by atoms with Crippen LogP contribution in [0.4, 0.5) is 0 Å². The minimum Gasteiger partial charge on any atom is -0.298 e. The minimum atomic E-state index is -0.244. The van der Waals surface area contributed by atoms with E-state index in [1.165, 1.54) is 0 Å². The van der Waals surface area contributed by atoms with Crippen molar-refractivity contribution in [2.45, 2.75) is 37.1 Å². The number of alkyl halides is 1. The molecular weight excluding hydrogens is 324 g/mol. The number of Topliss-reactive ketones (excluding diaryl/α,β-unsaturated/α-hetero) is 1. The largest absolute Gasteiger partial charge is 0.298 e. The lowest BCUT2D eigenvalue weighted by atomic mass is 9.66. The number of ketones is 1. The predicted molar refractivity (Wildman–Crippen MR) is 92.8 cm³/mol. The molecule has 5 heteroatoms. The Morgan fingerprint density at radius 2 is 2.04 bits per heavy atom. The van der Waals surface area contributed by atoms with Crippen molar-refractivity contribution in [3.05, 3.63) is 35.5 Å². The fourth-order valence-electron chi connectivity index (χ4n) is 5.22. The lowest BCUT2D eigenvalue weighted by molar-refractivity contribution is -0.125. The molecule has 0 radical (unpaired) electrons. The molecule has 0 N–H and O–H groups in total. The maximum Gasteiger partial charge on any atom is 0.231 e. The molecular formula is C19H19ClN2O2. The normalized spacial score (nSPS) is 29.1. The summed E-state index contributed by atoms with van der Waals surface area (Å²) in [5.41, 5.74) is 3.00. The van der Waals surface area contributed by atoms with Crippen molar-refractivity contribution in [1.29, 1.82) is 0 Å². The van der Waals surface area contributed by atoms with Gasteiger partial charge in [-0.05, 0) is 18.9 Å². The van der Waals surface area contributed by atoms with Crippen molar-refractivity contribution in [3.8, 4) is 0 Å². The van der Waals surface area contributed by atoms with Crippen LogP contribution in [0.3, 0.4) is 0 Å². The first kappa shape index (κ1) is 14.7. The first-order valence-electron chi connectivity index (χ1n) is 8.66. The van der Waals surface area contributed by atoms with Gasteiger partial charge in [0, 0.05) is 53.9 Å². The fourth-order valence-corrected chi connectivity index (χ4v) is 5.43. The number of aromatic nitrogens is 1. The summed E-state index contributed by atoms with van der Waals surface area (Å²) in [6.45, 7) is 1.58. The van der Waals surface area contributed by atoms with Crippen LogP contribution in [0.5, 0.6) is 0 Å². The molecule has 0 unspecified atom stereocenters. The molecule has 2 bridgehead atoms. The van der Waals surface area contributed by atoms with E-state index >= 15 is 0 Å². The minimum absolute atomic E-state index is 0.168. The van der Waals surface area contributed by atoms with Gasteiger partial charge in [-0.3, -0.25) is 19.1 Å². The molecule has 2 aromatic rings. The Balaban J connectivity index is 1.90. The standard InChI is InChI=1S/C19H19ClN2O2/c20-8-10-21-9-7-19-6-5-15(24)22-13-4-2-1-3-12(13)16(18(19)22)17(21)14(23)11-19/h1-4,17H,5-11H2/t17-,19+/m1/s1. The van der Waals surface area contributed by atoms with Gasteiger partial charge in [-0.1, -0.05) is 18.2 Å². The highest BCUT2D eigenvalue weighted by Crippen LogP contribution is 2.54. The summed E-state index contributed by atoms with van der Waals surface area (Å²) < 4.78 is 1.93. The van der Waals surface area contributed by atoms with E-state index in [0.29, 0.717) is 31.0 Å². The molecule has 3 aliphatic heterocycles. The third kappa shape index (κ3) is 1.68. The molecule has 4 nitrogen and oxygen atoms in total. The Morgan fingerprint density at radius 3 is 2.88 bits per heavy atom. The summed E-state index contributed by atoms with van der Waals surface area (Å²) in [4.78, 5) is 28.0. The van der Waals surface area contributed by atoms with Crippen LogP contribution < -0.4 is 0 Å². The third-order valence-electron chi connectivity index (χ3n) is 6.19. The second-order valence-electron chi connectivity index (χ2n) is 7.31. The molecule has 1 aliphatic carbocycles. The van der Waals surface area contributed by atoms with Gasteiger partial charge in [0.15, 0.2) is 5.78 Å². The van der Waals surface area contributed by atoms with Gasteiger partial charge in [0.2, 0.25) is 5.91 Å². The van der Waals surface area contributed by atoms with Crippen molar-refractivity contribution in [3.63, 3.8) is 0 Å². The van der Waals surface area contributed by atoms with Crippen LogP contribution in [-0.4, -0.2) is 40.1 Å². The second-order valence-corrected chi connectivity index (χ2v) is 7.69. The zero-order valence-corrected chi connectivity index (χ0v) is 14.2. The van der Waals surface area contributed by atoms with E-state index in [1.54, 1.807) is 0 Å². The van der Waals surface area contributed by atoms with Gasteiger partial charge >= 0.3 is 0 Å². The van der Waals surface area contributed by atoms with Crippen LogP contribution in [0.1, 0.15) is 47.8 Å². The lowest BCUT2D eigenvalue weighted by Gasteiger charge is -2.40. The van der Waals surface area contributed by atoms with Gasteiger partial charge in [0.25, 0.3) is 0 Å². The molecule has 6 rings (SSSR count). The number of hydrogen-bond donors (Lipinski definition) is 0. The molecule has 4 heterocycles. The first-order valence-corrected chi connectivity index (χ1v) is 9.19. The molecule has 1 aromatic heterocycles. The number of para-hydroxylation sites is 1. The Bertz CT molecular complexity index is 887. The molecule has 1 fully saturated rings. The zero-order valence-electron chi connectivity index (χ0n) is 13.4. The van der Waals surface area contributed by atoms with Crippen LogP contribution in [-0.2, 0) is 10.2 Å². The van der Waals surface area contributed by atoms with Gasteiger partial charge in [-0.2, -0.15) is 0 Å². The van der Waals surface area contributed by atoms with E-state index in [9.17, 15) is 9.59 Å². The molecule has 0 saturated carbocycles. The highest BCUT2D eigenvalue weighted by Gasteiger charge is 2.54. The van der Waals surface area contributed by atoms with Gasteiger partial charge < -0.3 is 0 Å². The molecule has 2 atom stereocenters. The molecule has 124 valence electrons. The van der Waals surface area contributed by atoms with Gasteiger partial charge in [0.05, 0.1) is 11.6 Å². The topological polar surface area (TPSA) is 42.3 Å². The van der Waals surface area contributed by atoms with Gasteiger partial charge in [-0.25, -0.2) is 0 Å². The molecule has 4 aliphatic rings. The summed E-state index contributed by atoms with van der Waals surface area (Å²) in [5, 5.41) is 1.06. The molecule has 1 aromatic carbocycles. The van der Waals surface area contributed by atoms with Crippen molar-refractivity contribution in [2.75, 3.05) is 19.0 Å². The van der Waals surface area contributed by atoms with Crippen LogP contribution in [0.2, 0.25) is 0 Å². The van der Waals surface area contributed by atoms with E-state index in [1.807, 2.05) is 22.8 Å². The number of rotatable bonds is 2. The Morgan fingerprint density at radius 1 is 1.21 bits per heavy atom. The van der Waals surface area contributed by atoms with E-state index in [4.69, 9.17) is 11.6 Å². The van der Waals surface area contributed by atoms with E-state index in [2.05, 4.69) is 11.0 Å². The summed E-state index contributed by atoms with van der Waals surface area (Å²) >= 11 is 6.01. The highest BCUT2D eigenvalue weighted by molar-refractivity contribution is 6.18. The van der Waals surface area contributed by atoms with Crippen molar-refractivity contribution < 1.29 is 9.59 Å². The summed E-state index contributed by atoms with van der Waals surface area (Å²) in [5.74, 6) is 0.980. The van der Waals surface area contributed by atoms with Crippen molar-refractivity contribution in [2.24, 2.45) is 0 Å². The Kier molecular flexibility index (Phi) is 3.01. The SMILES string of the molecule is O=C1C[C@@]23CCC(=O)n4c2c(c2ccccc24)[C@@H]1N(CCCl)CC3. The average molecular weight is 343 g/mol.